The third-order valence-electron chi connectivity index (χ3n) is 9.18. The number of fused-ring (bicyclic) bond motifs is 6. The molecule has 27 heteroatoms. The van der Waals surface area contributed by atoms with Gasteiger partial charge < -0.3 is 50.1 Å². The molecule has 9 rings (SSSR count). The summed E-state index contributed by atoms with van der Waals surface area (Å²) in [5.41, 5.74) is 3.54. The quantitative estimate of drug-likeness (QED) is 0.0599. The van der Waals surface area contributed by atoms with E-state index in [9.17, 15) is 42.4 Å². The van der Waals surface area contributed by atoms with Gasteiger partial charge >= 0.3 is 31.2 Å². The molecule has 0 saturated heterocycles. The van der Waals surface area contributed by atoms with Gasteiger partial charge in [0.15, 0.2) is 34.5 Å². The van der Waals surface area contributed by atoms with Crippen LogP contribution >= 0.6 is 34.8 Å². The Kier molecular flexibility index (Phi) is 15.0. The topological polar surface area (TPSA) is 341 Å². The molecule has 0 bridgehead atoms. The average molecular weight is 1030 g/mol. The first kappa shape index (κ1) is 50.2. The lowest BCUT2D eigenvalue weighted by molar-refractivity contribution is 0.356. The van der Waals surface area contributed by atoms with E-state index in [1.807, 2.05) is 25.1 Å². The summed E-state index contributed by atoms with van der Waals surface area (Å²) in [4.78, 5) is 6.09. The summed E-state index contributed by atoms with van der Waals surface area (Å²) in [6.45, 7) is 1.96. The van der Waals surface area contributed by atoms with Crippen molar-refractivity contribution in [3.05, 3.63) is 106 Å². The third-order valence-corrected chi connectivity index (χ3v) is 12.0. The fourth-order valence-electron chi connectivity index (χ4n) is 6.33. The summed E-state index contributed by atoms with van der Waals surface area (Å²) in [5.74, 6) is -0.141. The number of phenols is 6. The van der Waals surface area contributed by atoms with Crippen LogP contribution in [-0.4, -0.2) is 101 Å². The standard InChI is InChI=1S/C15H15NO3.C8H6ClNO5S.C8H6ClNO4S.C8H6ClNO2.O3S/c1-8-4-10-9-6-13(18-2)14(19-3)7-11(9)16-15(10)12(17)5-8;9-7-4-1-2-10(16(13,14)15)5(4)3-6(11)8(7)12;9-8-5-3-4-10(15(12,13)14)6(5)1-2-7(8)11;9-7-4-1-2-10-5(4)3-6(11)8(7)12;1-4(2)3/h4-7,16-17H,1-3H3;1-3,11-12H,(H,13,14,15);1-4,11H,(H,12,13,14);1-3,10-12H;. The fourth-order valence-corrected chi connectivity index (χ4v) is 8.31. The largest absolute Gasteiger partial charge is 0.506 e. The van der Waals surface area contributed by atoms with Crippen molar-refractivity contribution >= 4 is 121 Å². The number of hydrogen-bond donors (Lipinski definition) is 10. The molecule has 0 aliphatic heterocycles. The van der Waals surface area contributed by atoms with Crippen LogP contribution in [0.2, 0.25) is 15.1 Å². The minimum Gasteiger partial charge on any atom is -0.506 e. The first-order valence-corrected chi connectivity index (χ1v) is 22.7. The number of hydrogen-bond acceptors (Lipinski definition) is 15. The van der Waals surface area contributed by atoms with Crippen molar-refractivity contribution in [1.82, 2.24) is 17.9 Å². The summed E-state index contributed by atoms with van der Waals surface area (Å²) in [6.07, 6.45) is 3.91. The van der Waals surface area contributed by atoms with Crippen LogP contribution in [0.25, 0.3) is 54.5 Å². The van der Waals surface area contributed by atoms with E-state index in [4.69, 9.17) is 71.1 Å². The molecule has 0 saturated carbocycles. The summed E-state index contributed by atoms with van der Waals surface area (Å²) in [6, 6.07) is 17.0. The molecule has 0 spiro atoms. The van der Waals surface area contributed by atoms with Crippen molar-refractivity contribution in [1.29, 1.82) is 0 Å². The SMILES string of the molecule is COc1cc2[nH]c3c(O)cc(C)cc3c2cc1OC.O=S(=O)(O)n1ccc2c(Cl)c(O)c(O)cc21.O=S(=O)(O)n1ccc2c(Cl)c(O)ccc21.O=S(=O)=O.Oc1cc2[nH]ccc2c(Cl)c1O. The number of nitrogens with zero attached hydrogens (tertiary/aromatic N) is 2. The van der Waals surface area contributed by atoms with Crippen LogP contribution < -0.4 is 9.47 Å². The number of methoxy groups -OCH3 is 2. The number of nitrogens with one attached hydrogen (secondary N) is 2. The Bertz CT molecular complexity index is 3660. The first-order valence-electron chi connectivity index (χ1n) is 17.8. The lowest BCUT2D eigenvalue weighted by Crippen LogP contribution is -2.08. The molecule has 0 amide bonds. The van der Waals surface area contributed by atoms with Crippen molar-refractivity contribution in [2.75, 3.05) is 14.2 Å². The van der Waals surface area contributed by atoms with Gasteiger partial charge in [0.1, 0.15) is 11.5 Å². The highest BCUT2D eigenvalue weighted by Crippen LogP contribution is 2.42. The predicted molar refractivity (Wildman–Crippen MR) is 244 cm³/mol. The van der Waals surface area contributed by atoms with Gasteiger partial charge in [-0.3, -0.25) is 9.11 Å². The molecule has 4 aromatic heterocycles. The first-order chi connectivity index (χ1) is 30.8. The number of aromatic hydroxyl groups is 6. The lowest BCUT2D eigenvalue weighted by atomic mass is 10.1. The maximum absolute atomic E-state index is 10.9. The van der Waals surface area contributed by atoms with E-state index in [-0.39, 0.29) is 54.5 Å². The van der Waals surface area contributed by atoms with Crippen LogP contribution in [0.15, 0.2) is 85.3 Å². The van der Waals surface area contributed by atoms with Gasteiger partial charge in [-0.1, -0.05) is 34.8 Å². The van der Waals surface area contributed by atoms with E-state index in [2.05, 4.69) is 9.97 Å². The molecule has 10 N–H and O–H groups in total. The maximum Gasteiger partial charge on any atom is 0.425 e. The van der Waals surface area contributed by atoms with Crippen LogP contribution in [-0.2, 0) is 31.2 Å². The second kappa shape index (κ2) is 19.8. The number of aryl methyl sites for hydroxylation is 1. The monoisotopic (exact) mass is 1030 g/mol. The van der Waals surface area contributed by atoms with Crippen LogP contribution in [0.5, 0.6) is 46.0 Å². The molecule has 0 aliphatic carbocycles. The second-order valence-corrected chi connectivity index (χ2v) is 17.4. The summed E-state index contributed by atoms with van der Waals surface area (Å²) >= 11 is 17.2. The van der Waals surface area contributed by atoms with Crippen molar-refractivity contribution < 1.29 is 78.7 Å². The number of ether oxygens (including phenoxy) is 2. The van der Waals surface area contributed by atoms with Crippen LogP contribution in [0, 0.1) is 6.92 Å². The molecule has 9 aromatic rings. The number of halogens is 3. The Labute approximate surface area is 388 Å². The van der Waals surface area contributed by atoms with Crippen LogP contribution in [0.4, 0.5) is 0 Å². The molecule has 21 nitrogen and oxygen atoms in total. The molecule has 0 atom stereocenters. The van der Waals surface area contributed by atoms with Gasteiger partial charge in [0.25, 0.3) is 0 Å². The molecule has 5 aromatic carbocycles. The van der Waals surface area contributed by atoms with E-state index in [0.717, 1.165) is 45.8 Å². The number of rotatable bonds is 4. The Morgan fingerprint density at radius 3 is 1.64 bits per heavy atom. The highest BCUT2D eigenvalue weighted by molar-refractivity contribution is 7.84. The number of H-pyrrole nitrogens is 2. The minimum absolute atomic E-state index is 0.0252. The zero-order valence-electron chi connectivity index (χ0n) is 33.6. The molecule has 66 heavy (non-hydrogen) atoms. The molecular formula is C39H33Cl3N4O17S3. The van der Waals surface area contributed by atoms with E-state index in [1.165, 1.54) is 30.3 Å². The Hall–Kier alpha value is -6.77. The number of phenolic OH excluding ortho intramolecular Hbond substituents is 6. The molecule has 4 heterocycles. The number of benzene rings is 5. The van der Waals surface area contributed by atoms with E-state index >= 15 is 0 Å². The van der Waals surface area contributed by atoms with Gasteiger partial charge in [-0.15, -0.1) is 12.6 Å². The molecule has 0 radical (unpaired) electrons. The fraction of sp³-hybridized carbons (Fsp3) is 0.0769. The van der Waals surface area contributed by atoms with Gasteiger partial charge in [-0.2, -0.15) is 16.8 Å². The summed E-state index contributed by atoms with van der Waals surface area (Å²) in [7, 11) is -8.70. The summed E-state index contributed by atoms with van der Waals surface area (Å²) < 4.78 is 98.6. The van der Waals surface area contributed by atoms with Gasteiger partial charge in [0.2, 0.25) is 0 Å². The van der Waals surface area contributed by atoms with Gasteiger partial charge in [0.05, 0.1) is 56.9 Å². The lowest BCUT2D eigenvalue weighted by Gasteiger charge is -2.07. The normalized spacial score (nSPS) is 11.2. The molecular weight excluding hydrogens is 999 g/mol. The smallest absolute Gasteiger partial charge is 0.425 e. The van der Waals surface area contributed by atoms with Crippen molar-refractivity contribution in [2.45, 2.75) is 6.92 Å². The molecule has 350 valence electrons. The Morgan fingerprint density at radius 1 is 0.561 bits per heavy atom. The predicted octanol–water partition coefficient (Wildman–Crippen LogP) is 7.59. The molecule has 0 unspecified atom stereocenters. The third kappa shape index (κ3) is 10.7. The maximum atomic E-state index is 10.9. The number of aromatic amines is 2. The van der Waals surface area contributed by atoms with E-state index in [1.54, 1.807) is 32.5 Å². The Morgan fingerprint density at radius 2 is 1.08 bits per heavy atom. The van der Waals surface area contributed by atoms with E-state index in [0.29, 0.717) is 35.7 Å². The second-order valence-electron chi connectivity index (χ2n) is 13.3. The number of aromatic nitrogens is 4. The average Bonchev–Trinajstić information content (AvgIpc) is 4.06. The Balaban J connectivity index is 0.000000162. The van der Waals surface area contributed by atoms with Crippen LogP contribution in [0.3, 0.4) is 0 Å². The van der Waals surface area contributed by atoms with Crippen molar-refractivity contribution in [2.24, 2.45) is 0 Å². The van der Waals surface area contributed by atoms with Crippen molar-refractivity contribution in [3.63, 3.8) is 0 Å². The molecule has 0 fully saturated rings. The van der Waals surface area contributed by atoms with E-state index < -0.39 is 42.7 Å². The summed E-state index contributed by atoms with van der Waals surface area (Å²) in [5, 5.41) is 59.6. The molecule has 0 aliphatic rings. The van der Waals surface area contributed by atoms with Crippen molar-refractivity contribution in [3.8, 4) is 46.0 Å². The zero-order chi connectivity index (χ0) is 49.2. The minimum atomic E-state index is -4.47. The van der Waals surface area contributed by atoms with Gasteiger partial charge in [-0.25, -0.2) is 7.94 Å². The van der Waals surface area contributed by atoms with Gasteiger partial charge in [-0.05, 0) is 61.0 Å². The van der Waals surface area contributed by atoms with Gasteiger partial charge in [0, 0.05) is 63.7 Å². The zero-order valence-corrected chi connectivity index (χ0v) is 38.3. The van der Waals surface area contributed by atoms with Crippen LogP contribution in [0.1, 0.15) is 5.56 Å². The highest BCUT2D eigenvalue weighted by atomic mass is 35.5. The highest BCUT2D eigenvalue weighted by Gasteiger charge is 2.19.